The number of benzene rings is 3. The highest BCUT2D eigenvalue weighted by molar-refractivity contribution is 7.93. The van der Waals surface area contributed by atoms with Crippen LogP contribution < -0.4 is 4.31 Å². The molecular formula is C23H18Cl2F3NO3S. The molecule has 3 aromatic carbocycles. The van der Waals surface area contributed by atoms with Gasteiger partial charge in [0.2, 0.25) is 5.60 Å². The Kier molecular flexibility index (Phi) is 7.14. The van der Waals surface area contributed by atoms with Crippen LogP contribution in [0.25, 0.3) is 6.08 Å². The molecule has 0 bridgehead atoms. The first kappa shape index (κ1) is 25.1. The van der Waals surface area contributed by atoms with E-state index >= 15 is 0 Å². The van der Waals surface area contributed by atoms with Gasteiger partial charge < -0.3 is 5.11 Å². The van der Waals surface area contributed by atoms with E-state index in [1.807, 2.05) is 0 Å². The molecule has 174 valence electrons. The first-order valence-corrected chi connectivity index (χ1v) is 11.6. The molecule has 0 amide bonds. The van der Waals surface area contributed by atoms with Crippen molar-refractivity contribution in [2.24, 2.45) is 0 Å². The maximum Gasteiger partial charge on any atom is 0.425 e. The fourth-order valence-electron chi connectivity index (χ4n) is 3.02. The Balaban J connectivity index is 1.97. The molecule has 1 unspecified atom stereocenters. The Morgan fingerprint density at radius 1 is 0.939 bits per heavy atom. The fraction of sp³-hybridized carbons (Fsp3) is 0.130. The van der Waals surface area contributed by atoms with E-state index in [0.29, 0.717) is 11.6 Å². The summed E-state index contributed by atoms with van der Waals surface area (Å²) >= 11 is 11.9. The van der Waals surface area contributed by atoms with Crippen LogP contribution in [0.15, 0.2) is 83.8 Å². The second-order valence-electron chi connectivity index (χ2n) is 7.10. The second-order valence-corrected chi connectivity index (χ2v) is 9.88. The molecule has 0 spiro atoms. The normalized spacial score (nSPS) is 14.3. The van der Waals surface area contributed by atoms with Crippen molar-refractivity contribution in [2.45, 2.75) is 16.7 Å². The van der Waals surface area contributed by atoms with Gasteiger partial charge in [-0.25, -0.2) is 8.42 Å². The zero-order chi connectivity index (χ0) is 24.4. The SMILES string of the molecule is CN(c1ccc(C(O)(/C=C/c2ccccc2)C(F)(F)F)cc1)S(=O)(=O)c1cc(Cl)ccc1Cl. The van der Waals surface area contributed by atoms with Crippen molar-refractivity contribution < 1.29 is 26.7 Å². The van der Waals surface area contributed by atoms with Gasteiger partial charge in [-0.2, -0.15) is 13.2 Å². The summed E-state index contributed by atoms with van der Waals surface area (Å²) in [4.78, 5) is -0.249. The number of hydrogen-bond acceptors (Lipinski definition) is 3. The van der Waals surface area contributed by atoms with E-state index in [1.165, 1.54) is 43.5 Å². The van der Waals surface area contributed by atoms with Crippen LogP contribution in [0.3, 0.4) is 0 Å². The molecule has 10 heteroatoms. The highest BCUT2D eigenvalue weighted by Gasteiger charge is 2.53. The predicted molar refractivity (Wildman–Crippen MR) is 124 cm³/mol. The number of aliphatic hydroxyl groups is 1. The van der Waals surface area contributed by atoms with E-state index in [0.717, 1.165) is 16.4 Å². The quantitative estimate of drug-likeness (QED) is 0.420. The Morgan fingerprint density at radius 3 is 2.12 bits per heavy atom. The third-order valence-corrected chi connectivity index (χ3v) is 7.45. The predicted octanol–water partition coefficient (Wildman–Crippen LogP) is 6.28. The van der Waals surface area contributed by atoms with Crippen LogP contribution in [-0.4, -0.2) is 26.7 Å². The van der Waals surface area contributed by atoms with Gasteiger partial charge >= 0.3 is 6.18 Å². The van der Waals surface area contributed by atoms with Gasteiger partial charge in [-0.05, 0) is 47.5 Å². The summed E-state index contributed by atoms with van der Waals surface area (Å²) in [6.45, 7) is 0. The van der Waals surface area contributed by atoms with Crippen molar-refractivity contribution in [3.05, 3.63) is 100 Å². The van der Waals surface area contributed by atoms with Crippen LogP contribution in [0.4, 0.5) is 18.9 Å². The van der Waals surface area contributed by atoms with E-state index < -0.39 is 27.4 Å². The molecule has 0 radical (unpaired) electrons. The van der Waals surface area contributed by atoms with Crippen LogP contribution >= 0.6 is 23.2 Å². The molecule has 33 heavy (non-hydrogen) atoms. The highest BCUT2D eigenvalue weighted by atomic mass is 35.5. The number of hydrogen-bond donors (Lipinski definition) is 1. The number of alkyl halides is 3. The molecular weight excluding hydrogens is 498 g/mol. The lowest BCUT2D eigenvalue weighted by Gasteiger charge is -2.28. The Hall–Kier alpha value is -2.52. The second kappa shape index (κ2) is 9.38. The molecule has 1 N–H and O–H groups in total. The number of rotatable bonds is 6. The Morgan fingerprint density at radius 2 is 1.55 bits per heavy atom. The van der Waals surface area contributed by atoms with E-state index in [1.54, 1.807) is 30.3 Å². The first-order chi connectivity index (χ1) is 15.4. The lowest BCUT2D eigenvalue weighted by atomic mass is 9.91. The largest absolute Gasteiger partial charge is 0.425 e. The summed E-state index contributed by atoms with van der Waals surface area (Å²) in [7, 11) is -2.92. The van der Waals surface area contributed by atoms with Crippen molar-refractivity contribution in [1.29, 1.82) is 0 Å². The van der Waals surface area contributed by atoms with Crippen LogP contribution in [0.1, 0.15) is 11.1 Å². The van der Waals surface area contributed by atoms with E-state index in [4.69, 9.17) is 23.2 Å². The molecule has 0 aliphatic rings. The van der Waals surface area contributed by atoms with Gasteiger partial charge in [-0.1, -0.05) is 71.7 Å². The number of sulfonamides is 1. The van der Waals surface area contributed by atoms with Gasteiger partial charge in [-0.15, -0.1) is 0 Å². The molecule has 0 aliphatic heterocycles. The fourth-order valence-corrected chi connectivity index (χ4v) is 4.95. The summed E-state index contributed by atoms with van der Waals surface area (Å²) in [5.41, 5.74) is -3.22. The number of nitrogens with zero attached hydrogens (tertiary/aromatic N) is 1. The molecule has 3 aromatic rings. The van der Waals surface area contributed by atoms with Gasteiger partial charge in [-0.3, -0.25) is 4.31 Å². The number of halogens is 5. The molecule has 0 fully saturated rings. The zero-order valence-electron chi connectivity index (χ0n) is 17.1. The summed E-state index contributed by atoms with van der Waals surface area (Å²) in [5.74, 6) is 0. The monoisotopic (exact) mass is 515 g/mol. The van der Waals surface area contributed by atoms with Gasteiger partial charge in [0, 0.05) is 12.1 Å². The molecule has 0 saturated carbocycles. The van der Waals surface area contributed by atoms with Crippen LogP contribution in [0, 0.1) is 0 Å². The van der Waals surface area contributed by atoms with Crippen LogP contribution in [0.2, 0.25) is 10.0 Å². The van der Waals surface area contributed by atoms with Crippen molar-refractivity contribution in [1.82, 2.24) is 0 Å². The molecule has 0 aromatic heterocycles. The first-order valence-electron chi connectivity index (χ1n) is 9.44. The molecule has 4 nitrogen and oxygen atoms in total. The van der Waals surface area contributed by atoms with E-state index in [9.17, 15) is 26.7 Å². The van der Waals surface area contributed by atoms with Crippen molar-refractivity contribution >= 4 is 45.0 Å². The number of anilines is 1. The zero-order valence-corrected chi connectivity index (χ0v) is 19.4. The minimum Gasteiger partial charge on any atom is -0.373 e. The van der Waals surface area contributed by atoms with Crippen LogP contribution in [0.5, 0.6) is 0 Å². The molecule has 3 rings (SSSR count). The van der Waals surface area contributed by atoms with Gasteiger partial charge in [0.1, 0.15) is 4.90 Å². The molecule has 1 atom stereocenters. The minimum absolute atomic E-state index is 0.0552. The maximum absolute atomic E-state index is 13.8. The summed E-state index contributed by atoms with van der Waals surface area (Å²) in [6.07, 6.45) is -3.20. The molecule has 0 aliphatic carbocycles. The average Bonchev–Trinajstić information content (AvgIpc) is 2.78. The van der Waals surface area contributed by atoms with Gasteiger partial charge in [0.15, 0.2) is 0 Å². The lowest BCUT2D eigenvalue weighted by molar-refractivity contribution is -0.244. The average molecular weight is 516 g/mol. The maximum atomic E-state index is 13.8. The smallest absolute Gasteiger partial charge is 0.373 e. The van der Waals surface area contributed by atoms with Crippen molar-refractivity contribution in [3.8, 4) is 0 Å². The van der Waals surface area contributed by atoms with Gasteiger partial charge in [0.25, 0.3) is 10.0 Å². The summed E-state index contributed by atoms with van der Waals surface area (Å²) < 4.78 is 68.2. The third kappa shape index (κ3) is 5.19. The van der Waals surface area contributed by atoms with Crippen LogP contribution in [-0.2, 0) is 15.6 Å². The molecule has 0 saturated heterocycles. The topological polar surface area (TPSA) is 57.6 Å². The van der Waals surface area contributed by atoms with Crippen molar-refractivity contribution in [2.75, 3.05) is 11.4 Å². The Bertz CT molecular complexity index is 1260. The summed E-state index contributed by atoms with van der Waals surface area (Å²) in [5, 5.41) is 10.6. The third-order valence-electron chi connectivity index (χ3n) is 4.95. The lowest BCUT2D eigenvalue weighted by Crippen LogP contribution is -2.40. The summed E-state index contributed by atoms with van der Waals surface area (Å²) in [6, 6.07) is 16.5. The molecule has 0 heterocycles. The minimum atomic E-state index is -5.02. The highest BCUT2D eigenvalue weighted by Crippen LogP contribution is 2.41. The Labute approximate surface area is 199 Å². The van der Waals surface area contributed by atoms with Crippen molar-refractivity contribution in [3.63, 3.8) is 0 Å². The van der Waals surface area contributed by atoms with E-state index in [2.05, 4.69) is 0 Å². The van der Waals surface area contributed by atoms with E-state index in [-0.39, 0.29) is 20.6 Å². The standard InChI is InChI=1S/C23H18Cl2F3NO3S/c1-29(33(31,32)21-15-18(24)9-12-20(21)25)19-10-7-17(8-11-19)22(30,23(26,27)28)14-13-16-5-3-2-4-6-16/h2-15,30H,1H3/b14-13+. The van der Waals surface area contributed by atoms with Gasteiger partial charge in [0.05, 0.1) is 10.7 Å².